The summed E-state index contributed by atoms with van der Waals surface area (Å²) in [6.45, 7) is 3.49. The summed E-state index contributed by atoms with van der Waals surface area (Å²) in [6.07, 6.45) is -0.924. The minimum Gasteiger partial charge on any atom is -0.299 e. The lowest BCUT2D eigenvalue weighted by Gasteiger charge is -2.18. The number of rotatable bonds is 3. The van der Waals surface area contributed by atoms with E-state index in [1.54, 1.807) is 25.1 Å². The number of aromatic nitrogens is 4. The summed E-state index contributed by atoms with van der Waals surface area (Å²) < 4.78 is 42.1. The molecule has 1 aliphatic rings. The highest BCUT2D eigenvalue weighted by Crippen LogP contribution is 2.37. The number of nitrogens with zero attached hydrogens (tertiary/aromatic N) is 4. The Morgan fingerprint density at radius 3 is 2.65 bits per heavy atom. The van der Waals surface area contributed by atoms with Crippen molar-refractivity contribution in [1.82, 2.24) is 19.7 Å². The van der Waals surface area contributed by atoms with Gasteiger partial charge in [-0.15, -0.1) is 0 Å². The van der Waals surface area contributed by atoms with Crippen molar-refractivity contribution in [3.63, 3.8) is 0 Å². The van der Waals surface area contributed by atoms with E-state index in [1.807, 2.05) is 6.92 Å². The van der Waals surface area contributed by atoms with Crippen molar-refractivity contribution in [2.75, 3.05) is 0 Å². The van der Waals surface area contributed by atoms with Crippen molar-refractivity contribution in [2.45, 2.75) is 38.9 Å². The SMILES string of the molecule is CC1CC(c2cnc3c(C(F)(F)F)nn(C(C)c4ccc(Cl)cc4Cl)c3n2)=CCC1=O. The average Bonchev–Trinajstić information content (AvgIpc) is 3.09. The summed E-state index contributed by atoms with van der Waals surface area (Å²) in [5.41, 5.74) is 0.297. The Bertz CT molecular complexity index is 1220. The summed E-state index contributed by atoms with van der Waals surface area (Å²) >= 11 is 12.2. The summed E-state index contributed by atoms with van der Waals surface area (Å²) in [5.74, 6) is -0.0619. The molecule has 0 spiro atoms. The maximum atomic E-state index is 13.6. The van der Waals surface area contributed by atoms with Gasteiger partial charge in [0, 0.05) is 22.4 Å². The fourth-order valence-electron chi connectivity index (χ4n) is 3.66. The predicted molar refractivity (Wildman–Crippen MR) is 112 cm³/mol. The first kappa shape index (κ1) is 21.8. The van der Waals surface area contributed by atoms with Gasteiger partial charge in [0.05, 0.1) is 17.9 Å². The molecule has 0 saturated carbocycles. The van der Waals surface area contributed by atoms with E-state index in [0.717, 1.165) is 5.57 Å². The van der Waals surface area contributed by atoms with E-state index in [2.05, 4.69) is 15.1 Å². The Kier molecular flexibility index (Phi) is 5.55. The van der Waals surface area contributed by atoms with Crippen LogP contribution in [0.5, 0.6) is 0 Å². The van der Waals surface area contributed by atoms with Crippen LogP contribution in [0.2, 0.25) is 10.0 Å². The summed E-state index contributed by atoms with van der Waals surface area (Å²) in [4.78, 5) is 20.3. The van der Waals surface area contributed by atoms with Crippen molar-refractivity contribution in [2.24, 2.45) is 5.92 Å². The van der Waals surface area contributed by atoms with Gasteiger partial charge in [0.2, 0.25) is 0 Å². The molecular formula is C21H17Cl2F3N4O. The number of hydrogen-bond acceptors (Lipinski definition) is 4. The summed E-state index contributed by atoms with van der Waals surface area (Å²) in [6, 6.07) is 4.12. The van der Waals surface area contributed by atoms with Crippen LogP contribution < -0.4 is 0 Å². The number of carbonyl (C=O) groups excluding carboxylic acids is 1. The molecule has 31 heavy (non-hydrogen) atoms. The molecule has 2 aromatic heterocycles. The molecule has 2 atom stereocenters. The molecular weight excluding hydrogens is 452 g/mol. The number of allylic oxidation sites excluding steroid dienone is 2. The second-order valence-corrected chi connectivity index (χ2v) is 8.41. The minimum atomic E-state index is -4.70. The van der Waals surface area contributed by atoms with Crippen molar-refractivity contribution in [3.8, 4) is 0 Å². The maximum absolute atomic E-state index is 13.6. The number of hydrogen-bond donors (Lipinski definition) is 0. The molecule has 0 N–H and O–H groups in total. The first-order chi connectivity index (χ1) is 14.6. The van der Waals surface area contributed by atoms with E-state index in [1.165, 1.54) is 16.9 Å². The second kappa shape index (κ2) is 7.91. The molecule has 0 fully saturated rings. The molecule has 10 heteroatoms. The Morgan fingerprint density at radius 1 is 1.26 bits per heavy atom. The lowest BCUT2D eigenvalue weighted by Crippen LogP contribution is -2.15. The number of fused-ring (bicyclic) bond motifs is 1. The molecule has 1 aliphatic carbocycles. The summed E-state index contributed by atoms with van der Waals surface area (Å²) in [5, 5.41) is 4.54. The van der Waals surface area contributed by atoms with E-state index >= 15 is 0 Å². The van der Waals surface area contributed by atoms with Gasteiger partial charge in [-0.05, 0) is 36.6 Å². The van der Waals surface area contributed by atoms with Crippen molar-refractivity contribution in [3.05, 3.63) is 57.5 Å². The zero-order valence-electron chi connectivity index (χ0n) is 16.5. The highest BCUT2D eigenvalue weighted by molar-refractivity contribution is 6.35. The van der Waals surface area contributed by atoms with Crippen LogP contribution in [0.4, 0.5) is 13.2 Å². The van der Waals surface area contributed by atoms with Gasteiger partial charge in [-0.25, -0.2) is 14.6 Å². The van der Waals surface area contributed by atoms with Gasteiger partial charge < -0.3 is 0 Å². The summed E-state index contributed by atoms with van der Waals surface area (Å²) in [7, 11) is 0. The van der Waals surface area contributed by atoms with E-state index < -0.39 is 17.9 Å². The van der Waals surface area contributed by atoms with Gasteiger partial charge in [0.25, 0.3) is 0 Å². The molecule has 0 bridgehead atoms. The van der Waals surface area contributed by atoms with E-state index in [4.69, 9.17) is 23.2 Å². The number of benzene rings is 1. The smallest absolute Gasteiger partial charge is 0.299 e. The van der Waals surface area contributed by atoms with E-state index in [0.29, 0.717) is 27.7 Å². The highest BCUT2D eigenvalue weighted by atomic mass is 35.5. The fourth-order valence-corrected chi connectivity index (χ4v) is 4.22. The predicted octanol–water partition coefficient (Wildman–Crippen LogP) is 6.14. The van der Waals surface area contributed by atoms with Crippen LogP contribution >= 0.6 is 23.2 Å². The fraction of sp³-hybridized carbons (Fsp3) is 0.333. The largest absolute Gasteiger partial charge is 0.437 e. The Balaban J connectivity index is 1.88. The van der Waals surface area contributed by atoms with Gasteiger partial charge in [-0.1, -0.05) is 42.3 Å². The van der Waals surface area contributed by atoms with Crippen molar-refractivity contribution < 1.29 is 18.0 Å². The lowest BCUT2D eigenvalue weighted by molar-refractivity contribution is -0.140. The first-order valence-corrected chi connectivity index (χ1v) is 10.3. The Hall–Kier alpha value is -2.45. The van der Waals surface area contributed by atoms with Crippen LogP contribution in [0.25, 0.3) is 16.7 Å². The molecule has 4 rings (SSSR count). The molecule has 0 radical (unpaired) electrons. The number of ketones is 1. The van der Waals surface area contributed by atoms with Crippen LogP contribution in [0.15, 0.2) is 30.5 Å². The lowest BCUT2D eigenvalue weighted by atomic mass is 9.88. The molecule has 162 valence electrons. The van der Waals surface area contributed by atoms with Crippen LogP contribution in [0, 0.1) is 5.92 Å². The van der Waals surface area contributed by atoms with Gasteiger partial charge >= 0.3 is 6.18 Å². The molecule has 2 heterocycles. The van der Waals surface area contributed by atoms with Crippen molar-refractivity contribution >= 4 is 45.7 Å². The zero-order chi connectivity index (χ0) is 22.5. The molecule has 1 aromatic carbocycles. The van der Waals surface area contributed by atoms with E-state index in [9.17, 15) is 18.0 Å². The second-order valence-electron chi connectivity index (χ2n) is 7.57. The monoisotopic (exact) mass is 468 g/mol. The minimum absolute atomic E-state index is 0.00575. The average molecular weight is 469 g/mol. The van der Waals surface area contributed by atoms with Crippen LogP contribution in [0.1, 0.15) is 49.7 Å². The molecule has 0 amide bonds. The first-order valence-electron chi connectivity index (χ1n) is 9.55. The molecule has 0 saturated heterocycles. The molecule has 5 nitrogen and oxygen atoms in total. The third kappa shape index (κ3) is 4.06. The third-order valence-electron chi connectivity index (χ3n) is 5.41. The van der Waals surface area contributed by atoms with Crippen LogP contribution in [0.3, 0.4) is 0 Å². The Labute approximate surface area is 185 Å². The normalized spacial score (nSPS) is 18.4. The topological polar surface area (TPSA) is 60.7 Å². The maximum Gasteiger partial charge on any atom is 0.437 e. The molecule has 3 aromatic rings. The van der Waals surface area contributed by atoms with E-state index in [-0.39, 0.29) is 29.3 Å². The van der Waals surface area contributed by atoms with Gasteiger partial charge in [-0.3, -0.25) is 4.79 Å². The van der Waals surface area contributed by atoms with Crippen LogP contribution in [-0.2, 0) is 11.0 Å². The third-order valence-corrected chi connectivity index (χ3v) is 5.97. The standard InChI is InChI=1S/C21H17Cl2F3N4O/c1-10-7-12(3-6-17(10)31)16-9-27-18-19(21(24,25)26)29-30(20(18)28-16)11(2)14-5-4-13(22)8-15(14)23/h3-5,8-11H,6-7H2,1-2H3. The van der Waals surface area contributed by atoms with Gasteiger partial charge in [0.15, 0.2) is 11.3 Å². The quantitative estimate of drug-likeness (QED) is 0.462. The van der Waals surface area contributed by atoms with Gasteiger partial charge in [0.1, 0.15) is 11.3 Å². The number of Topliss-reactive ketones (excluding diaryl/α,β-unsaturated/α-hetero) is 1. The molecule has 2 unspecified atom stereocenters. The Morgan fingerprint density at radius 2 is 2.00 bits per heavy atom. The van der Waals surface area contributed by atoms with Gasteiger partial charge in [-0.2, -0.15) is 18.3 Å². The molecule has 0 aliphatic heterocycles. The number of halogens is 5. The number of carbonyl (C=O) groups is 1. The number of alkyl halides is 3. The highest BCUT2D eigenvalue weighted by Gasteiger charge is 2.39. The zero-order valence-corrected chi connectivity index (χ0v) is 18.1. The van der Waals surface area contributed by atoms with Crippen molar-refractivity contribution in [1.29, 1.82) is 0 Å². The van der Waals surface area contributed by atoms with Crippen LogP contribution in [-0.4, -0.2) is 25.5 Å².